The molecule has 0 aliphatic heterocycles. The van der Waals surface area contributed by atoms with Gasteiger partial charge in [0.2, 0.25) is 23.6 Å². The Hall–Kier alpha value is -2.80. The van der Waals surface area contributed by atoms with Crippen molar-refractivity contribution in [2.75, 3.05) is 0 Å². The van der Waals surface area contributed by atoms with Crippen LogP contribution >= 0.6 is 12.2 Å². The Morgan fingerprint density at radius 2 is 0.979 bits per heavy atom. The Morgan fingerprint density at radius 1 is 0.553 bits per heavy atom. The summed E-state index contributed by atoms with van der Waals surface area (Å²) in [5.74, 6) is -1.37. The van der Waals surface area contributed by atoms with E-state index in [4.69, 9.17) is 23.1 Å². The molecule has 0 bridgehead atoms. The highest BCUT2D eigenvalue weighted by Crippen LogP contribution is 2.13. The Bertz CT molecular complexity index is 1020. The monoisotopic (exact) mass is 684 g/mol. The standard InChI is InChI=1S/C34H64N6O6S/c1-19(2)11-25(38-30(42)14-24(10)37-33(47)17-27(35)21(5)6)15-31(43)40-28(22(7)8)18-32(44)36-23(9)13-29(41)39-26(12-20(3)4)16-34(45)46/h19-28H,11-18,35H2,1-10H3,(H,36,44)(H,37,47)(H,38,42)(H,39,41)(H,40,43)(H,45,46)/t23-,24-,25-,26-,27+,28+/m0/s1. The largest absolute Gasteiger partial charge is 0.481 e. The molecule has 0 heterocycles. The van der Waals surface area contributed by atoms with Gasteiger partial charge in [0, 0.05) is 68.4 Å². The van der Waals surface area contributed by atoms with Crippen LogP contribution in [0.25, 0.3) is 0 Å². The van der Waals surface area contributed by atoms with Gasteiger partial charge in [-0.05, 0) is 50.4 Å². The first-order valence-electron chi connectivity index (χ1n) is 17.1. The summed E-state index contributed by atoms with van der Waals surface area (Å²) in [7, 11) is 0. The van der Waals surface area contributed by atoms with Gasteiger partial charge in [0.15, 0.2) is 0 Å². The first kappa shape index (κ1) is 44.2. The van der Waals surface area contributed by atoms with Gasteiger partial charge in [0.05, 0.1) is 11.4 Å². The summed E-state index contributed by atoms with van der Waals surface area (Å²) < 4.78 is 0. The number of hydrogen-bond acceptors (Lipinski definition) is 7. The molecule has 0 aliphatic rings. The summed E-state index contributed by atoms with van der Waals surface area (Å²) in [5.41, 5.74) is 6.11. The zero-order valence-corrected chi connectivity index (χ0v) is 31.2. The van der Waals surface area contributed by atoms with Crippen molar-refractivity contribution in [3.63, 3.8) is 0 Å². The number of nitrogens with two attached hydrogens (primary N) is 1. The van der Waals surface area contributed by atoms with Crippen molar-refractivity contribution in [2.45, 2.75) is 157 Å². The fourth-order valence-electron chi connectivity index (χ4n) is 5.23. The van der Waals surface area contributed by atoms with E-state index < -0.39 is 24.1 Å². The van der Waals surface area contributed by atoms with Crippen LogP contribution in [-0.2, 0) is 24.0 Å². The summed E-state index contributed by atoms with van der Waals surface area (Å²) >= 11 is 5.41. The molecule has 0 aromatic rings. The normalized spacial score (nSPS) is 15.4. The van der Waals surface area contributed by atoms with Crippen LogP contribution in [0.2, 0.25) is 0 Å². The van der Waals surface area contributed by atoms with E-state index in [-0.39, 0.29) is 91.6 Å². The average Bonchev–Trinajstić information content (AvgIpc) is 2.85. The maximum Gasteiger partial charge on any atom is 0.305 e. The minimum atomic E-state index is -0.983. The zero-order valence-electron chi connectivity index (χ0n) is 30.4. The van der Waals surface area contributed by atoms with Crippen LogP contribution in [0.5, 0.6) is 0 Å². The van der Waals surface area contributed by atoms with Crippen LogP contribution in [0, 0.1) is 23.7 Å². The van der Waals surface area contributed by atoms with Crippen LogP contribution < -0.4 is 32.3 Å². The van der Waals surface area contributed by atoms with Gasteiger partial charge in [-0.15, -0.1) is 0 Å². The predicted octanol–water partition coefficient (Wildman–Crippen LogP) is 3.41. The number of carboxylic acids is 1. The number of hydrogen-bond donors (Lipinski definition) is 7. The number of carbonyl (C=O) groups is 5. The number of amides is 4. The van der Waals surface area contributed by atoms with Crippen molar-refractivity contribution in [3.8, 4) is 0 Å². The van der Waals surface area contributed by atoms with Gasteiger partial charge in [-0.3, -0.25) is 24.0 Å². The maximum atomic E-state index is 13.1. The molecule has 0 fully saturated rings. The molecule has 0 aliphatic carbocycles. The first-order chi connectivity index (χ1) is 21.7. The fourth-order valence-corrected chi connectivity index (χ4v) is 5.62. The lowest BCUT2D eigenvalue weighted by atomic mass is 9.97. The number of rotatable bonds is 23. The van der Waals surface area contributed by atoms with Gasteiger partial charge in [0.25, 0.3) is 0 Å². The van der Waals surface area contributed by atoms with E-state index in [9.17, 15) is 24.0 Å². The molecule has 4 amide bonds. The van der Waals surface area contributed by atoms with E-state index in [1.165, 1.54) is 0 Å². The van der Waals surface area contributed by atoms with Crippen molar-refractivity contribution < 1.29 is 29.1 Å². The van der Waals surface area contributed by atoms with Crippen molar-refractivity contribution in [2.24, 2.45) is 29.4 Å². The second-order valence-corrected chi connectivity index (χ2v) is 15.2. The van der Waals surface area contributed by atoms with Gasteiger partial charge < -0.3 is 37.4 Å². The van der Waals surface area contributed by atoms with Gasteiger partial charge in [-0.2, -0.15) is 0 Å². The lowest BCUT2D eigenvalue weighted by molar-refractivity contribution is -0.138. The Morgan fingerprint density at radius 3 is 1.40 bits per heavy atom. The Labute approximate surface area is 288 Å². The van der Waals surface area contributed by atoms with E-state index in [1.807, 2.05) is 62.3 Å². The summed E-state index contributed by atoms with van der Waals surface area (Å²) in [6.07, 6.45) is 1.82. The Kier molecular flexibility index (Phi) is 21.4. The van der Waals surface area contributed by atoms with E-state index in [1.54, 1.807) is 6.92 Å². The fraction of sp³-hybridized carbons (Fsp3) is 0.824. The van der Waals surface area contributed by atoms with Gasteiger partial charge in [-0.25, -0.2) is 0 Å². The molecule has 0 spiro atoms. The number of aliphatic carboxylic acids is 1. The van der Waals surface area contributed by atoms with Crippen LogP contribution in [-0.4, -0.2) is 75.9 Å². The molecule has 0 unspecified atom stereocenters. The second-order valence-electron chi connectivity index (χ2n) is 14.7. The molecule has 0 rings (SSSR count). The van der Waals surface area contributed by atoms with E-state index in [2.05, 4.69) is 26.6 Å². The number of thiocarbonyl (C=S) groups is 1. The third kappa shape index (κ3) is 22.4. The highest BCUT2D eigenvalue weighted by molar-refractivity contribution is 7.80. The molecule has 8 N–H and O–H groups in total. The van der Waals surface area contributed by atoms with Crippen LogP contribution in [0.3, 0.4) is 0 Å². The molecule has 0 aromatic carbocycles. The first-order valence-corrected chi connectivity index (χ1v) is 17.5. The molecule has 47 heavy (non-hydrogen) atoms. The molecule has 272 valence electrons. The van der Waals surface area contributed by atoms with Gasteiger partial charge >= 0.3 is 5.97 Å². The third-order valence-electron chi connectivity index (χ3n) is 7.73. The van der Waals surface area contributed by atoms with Gasteiger partial charge in [-0.1, -0.05) is 67.6 Å². The molecule has 0 aromatic heterocycles. The molecular weight excluding hydrogens is 620 g/mol. The Balaban J connectivity index is 5.06. The molecular formula is C34H64N6O6S. The number of carbonyl (C=O) groups excluding carboxylic acids is 4. The topological polar surface area (TPSA) is 192 Å². The van der Waals surface area contributed by atoms with Crippen LogP contribution in [0.4, 0.5) is 0 Å². The third-order valence-corrected chi connectivity index (χ3v) is 8.01. The quantitative estimate of drug-likeness (QED) is 0.0791. The maximum absolute atomic E-state index is 13.1. The van der Waals surface area contributed by atoms with Gasteiger partial charge in [0.1, 0.15) is 0 Å². The summed E-state index contributed by atoms with van der Waals surface area (Å²) in [6, 6.07) is -2.05. The highest BCUT2D eigenvalue weighted by atomic mass is 32.1. The molecule has 6 atom stereocenters. The minimum Gasteiger partial charge on any atom is -0.481 e. The molecule has 13 heteroatoms. The van der Waals surface area contributed by atoms with Crippen molar-refractivity contribution in [3.05, 3.63) is 0 Å². The summed E-state index contributed by atoms with van der Waals surface area (Å²) in [4.78, 5) is 63.2. The van der Waals surface area contributed by atoms with E-state index in [0.29, 0.717) is 30.2 Å². The smallest absolute Gasteiger partial charge is 0.305 e. The predicted molar refractivity (Wildman–Crippen MR) is 190 cm³/mol. The molecule has 0 saturated carbocycles. The lowest BCUT2D eigenvalue weighted by Gasteiger charge is -2.26. The van der Waals surface area contributed by atoms with E-state index in [0.717, 1.165) is 0 Å². The summed E-state index contributed by atoms with van der Waals surface area (Å²) in [6.45, 7) is 19.4. The van der Waals surface area contributed by atoms with Crippen molar-refractivity contribution >= 4 is 46.8 Å². The SMILES string of the molecule is CC(C)C[C@@H](CC(=O)O)NC(=O)C[C@H](C)NC(=O)C[C@@H](NC(=O)C[C@H](CC(C)C)NC(=O)C[C@H](C)NC(=S)C[C@@H](N)C(C)C)C(C)C. The average molecular weight is 685 g/mol. The second kappa shape index (κ2) is 22.7. The van der Waals surface area contributed by atoms with Crippen LogP contribution in [0.1, 0.15) is 121 Å². The molecule has 0 saturated heterocycles. The van der Waals surface area contributed by atoms with Crippen molar-refractivity contribution in [1.82, 2.24) is 26.6 Å². The minimum absolute atomic E-state index is 0.000641. The number of carboxylic acid groups (broad SMARTS) is 1. The van der Waals surface area contributed by atoms with Crippen LogP contribution in [0.15, 0.2) is 0 Å². The van der Waals surface area contributed by atoms with Crippen molar-refractivity contribution in [1.29, 1.82) is 0 Å². The molecule has 0 radical (unpaired) electrons. The molecule has 12 nitrogen and oxygen atoms in total. The summed E-state index contributed by atoms with van der Waals surface area (Å²) in [5, 5.41) is 23.9. The highest BCUT2D eigenvalue weighted by Gasteiger charge is 2.25. The lowest BCUT2D eigenvalue weighted by Crippen LogP contribution is -2.47. The van der Waals surface area contributed by atoms with E-state index >= 15 is 0 Å². The zero-order chi connectivity index (χ0) is 36.4. The number of nitrogens with one attached hydrogen (secondary N) is 5.